The number of carbonyl (C=O) groups is 1. The third-order valence-corrected chi connectivity index (χ3v) is 4.09. The molecule has 4 rings (SSSR count). The van der Waals surface area contributed by atoms with Crippen LogP contribution in [0.2, 0.25) is 0 Å². The number of benzene rings is 2. The molecule has 1 atom stereocenters. The highest BCUT2D eigenvalue weighted by atomic mass is 16.5. The highest BCUT2D eigenvalue weighted by Crippen LogP contribution is 2.47. The molecule has 0 saturated heterocycles. The van der Waals surface area contributed by atoms with Gasteiger partial charge in [0.1, 0.15) is 0 Å². The predicted molar refractivity (Wildman–Crippen MR) is 79.2 cm³/mol. The van der Waals surface area contributed by atoms with Crippen LogP contribution < -0.4 is 5.32 Å². The van der Waals surface area contributed by atoms with E-state index in [2.05, 4.69) is 11.4 Å². The number of ether oxygens (including phenoxy) is 1. The third-order valence-electron chi connectivity index (χ3n) is 4.09. The Hall–Kier alpha value is -2.55. The van der Waals surface area contributed by atoms with Gasteiger partial charge in [0.25, 0.3) is 0 Å². The van der Waals surface area contributed by atoms with Crippen LogP contribution in [-0.2, 0) is 15.1 Å². The number of carbonyl (C=O) groups excluding carboxylic acids is 1. The van der Waals surface area contributed by atoms with Gasteiger partial charge in [0.05, 0.1) is 12.3 Å². The van der Waals surface area contributed by atoms with Gasteiger partial charge in [-0.15, -0.1) is 0 Å². The first kappa shape index (κ1) is 12.2. The summed E-state index contributed by atoms with van der Waals surface area (Å²) in [6.45, 7) is 2.18. The van der Waals surface area contributed by atoms with Crippen molar-refractivity contribution < 1.29 is 9.53 Å². The summed E-state index contributed by atoms with van der Waals surface area (Å²) < 4.78 is 5.37. The molecule has 0 fully saturated rings. The lowest BCUT2D eigenvalue weighted by atomic mass is 9.81. The van der Waals surface area contributed by atoms with Crippen molar-refractivity contribution in [2.24, 2.45) is 0 Å². The second-order valence-corrected chi connectivity index (χ2v) is 5.19. The number of fused-ring (bicyclic) bond motifs is 7. The fourth-order valence-electron chi connectivity index (χ4n) is 3.23. The van der Waals surface area contributed by atoms with Crippen molar-refractivity contribution in [3.05, 3.63) is 76.9 Å². The Morgan fingerprint density at radius 3 is 2.67 bits per heavy atom. The van der Waals surface area contributed by atoms with E-state index >= 15 is 0 Å². The van der Waals surface area contributed by atoms with E-state index < -0.39 is 5.54 Å². The summed E-state index contributed by atoms with van der Waals surface area (Å²) in [5, 5.41) is 3.34. The summed E-state index contributed by atoms with van der Waals surface area (Å²) in [7, 11) is 0. The topological polar surface area (TPSA) is 38.3 Å². The van der Waals surface area contributed by atoms with E-state index in [1.807, 2.05) is 55.5 Å². The molecule has 0 saturated carbocycles. The molecule has 3 nitrogen and oxygen atoms in total. The van der Waals surface area contributed by atoms with E-state index in [4.69, 9.17) is 4.74 Å². The van der Waals surface area contributed by atoms with Crippen LogP contribution in [0, 0.1) is 6.08 Å². The van der Waals surface area contributed by atoms with Gasteiger partial charge in [-0.1, -0.05) is 48.5 Å². The summed E-state index contributed by atoms with van der Waals surface area (Å²) in [5.41, 5.74) is 3.71. The minimum atomic E-state index is -0.941. The summed E-state index contributed by atoms with van der Waals surface area (Å²) in [6.07, 6.45) is 3.36. The lowest BCUT2D eigenvalue weighted by molar-refractivity contribution is -0.149. The smallest absolute Gasteiger partial charge is 0.341 e. The van der Waals surface area contributed by atoms with Crippen molar-refractivity contribution in [1.82, 2.24) is 5.32 Å². The molecule has 0 aromatic heterocycles. The standard InChI is InChI=1S/C18H14NO2/c1-2-21-17(20)18-14-9-5-3-7-12(14)11-16(19-18)13-8-4-6-10-15(13)18/h3-10,19H,2H2,1H3. The summed E-state index contributed by atoms with van der Waals surface area (Å²) >= 11 is 0. The molecule has 1 radical (unpaired) electrons. The molecule has 1 unspecified atom stereocenters. The Kier molecular flexibility index (Phi) is 2.45. The average Bonchev–Trinajstić information content (AvgIpc) is 2.80. The summed E-state index contributed by atoms with van der Waals surface area (Å²) in [5.74, 6) is -0.263. The first-order valence-electron chi connectivity index (χ1n) is 7.06. The fraction of sp³-hybridized carbons (Fsp3) is 0.167. The molecule has 0 amide bonds. The largest absolute Gasteiger partial charge is 0.464 e. The molecule has 21 heavy (non-hydrogen) atoms. The van der Waals surface area contributed by atoms with Crippen LogP contribution >= 0.6 is 0 Å². The van der Waals surface area contributed by atoms with E-state index in [-0.39, 0.29) is 5.97 Å². The molecule has 2 aromatic carbocycles. The van der Waals surface area contributed by atoms with Gasteiger partial charge in [-0.25, -0.2) is 4.79 Å². The number of rotatable bonds is 2. The minimum Gasteiger partial charge on any atom is -0.464 e. The number of esters is 1. The SMILES string of the molecule is CCOC(=O)C12NC(=[C]c3ccccc31)c1ccccc12. The first-order chi connectivity index (χ1) is 10.3. The Labute approximate surface area is 123 Å². The second kappa shape index (κ2) is 4.22. The van der Waals surface area contributed by atoms with Crippen LogP contribution in [0.1, 0.15) is 29.2 Å². The van der Waals surface area contributed by atoms with Gasteiger partial charge < -0.3 is 10.1 Å². The van der Waals surface area contributed by atoms with Gasteiger partial charge in [0.2, 0.25) is 0 Å². The molecule has 103 valence electrons. The normalized spacial score (nSPS) is 20.9. The zero-order valence-electron chi connectivity index (χ0n) is 11.6. The summed E-state index contributed by atoms with van der Waals surface area (Å²) in [6, 6.07) is 15.8. The molecule has 1 N–H and O–H groups in total. The van der Waals surface area contributed by atoms with Gasteiger partial charge in [-0.2, -0.15) is 0 Å². The van der Waals surface area contributed by atoms with E-state index in [1.54, 1.807) is 0 Å². The van der Waals surface area contributed by atoms with Gasteiger partial charge in [-0.3, -0.25) is 0 Å². The zero-order chi connectivity index (χ0) is 14.4. The quantitative estimate of drug-likeness (QED) is 0.857. The van der Waals surface area contributed by atoms with E-state index in [9.17, 15) is 4.79 Å². The molecule has 2 aliphatic heterocycles. The Morgan fingerprint density at radius 1 is 1.14 bits per heavy atom. The lowest BCUT2D eigenvalue weighted by Gasteiger charge is -2.32. The van der Waals surface area contributed by atoms with Crippen molar-refractivity contribution in [2.75, 3.05) is 6.61 Å². The molecule has 0 spiro atoms. The predicted octanol–water partition coefficient (Wildman–Crippen LogP) is 2.60. The monoisotopic (exact) mass is 276 g/mol. The van der Waals surface area contributed by atoms with Gasteiger partial charge in [0.15, 0.2) is 5.54 Å². The molecule has 3 heteroatoms. The molecular formula is C18H14NO2. The van der Waals surface area contributed by atoms with Crippen LogP contribution in [0.4, 0.5) is 0 Å². The van der Waals surface area contributed by atoms with Crippen LogP contribution in [0.25, 0.3) is 5.70 Å². The molecule has 2 bridgehead atoms. The van der Waals surface area contributed by atoms with Gasteiger partial charge in [-0.05, 0) is 12.5 Å². The Bertz CT molecular complexity index is 765. The zero-order valence-corrected chi connectivity index (χ0v) is 11.6. The van der Waals surface area contributed by atoms with Crippen molar-refractivity contribution in [2.45, 2.75) is 12.5 Å². The molecule has 2 aromatic rings. The average molecular weight is 276 g/mol. The van der Waals surface area contributed by atoms with Crippen molar-refractivity contribution in [1.29, 1.82) is 0 Å². The van der Waals surface area contributed by atoms with Crippen molar-refractivity contribution in [3.63, 3.8) is 0 Å². The van der Waals surface area contributed by atoms with Crippen molar-refractivity contribution in [3.8, 4) is 0 Å². The van der Waals surface area contributed by atoms with E-state index in [0.29, 0.717) is 6.61 Å². The molecule has 2 aliphatic rings. The van der Waals surface area contributed by atoms with Gasteiger partial charge >= 0.3 is 5.97 Å². The number of nitrogens with one attached hydrogen (secondary N) is 1. The lowest BCUT2D eigenvalue weighted by Crippen LogP contribution is -2.48. The highest BCUT2D eigenvalue weighted by Gasteiger charge is 2.52. The number of hydrogen-bond donors (Lipinski definition) is 1. The summed E-state index contributed by atoms with van der Waals surface area (Å²) in [4.78, 5) is 12.8. The van der Waals surface area contributed by atoms with Gasteiger partial charge in [0, 0.05) is 22.8 Å². The second-order valence-electron chi connectivity index (χ2n) is 5.19. The molecule has 0 aliphatic carbocycles. The Morgan fingerprint density at radius 2 is 1.86 bits per heavy atom. The molecular weight excluding hydrogens is 262 g/mol. The maximum absolute atomic E-state index is 12.8. The third kappa shape index (κ3) is 1.46. The minimum absolute atomic E-state index is 0.263. The number of hydrogen-bond acceptors (Lipinski definition) is 3. The van der Waals surface area contributed by atoms with Crippen molar-refractivity contribution >= 4 is 11.7 Å². The van der Waals surface area contributed by atoms with Crippen LogP contribution in [0.3, 0.4) is 0 Å². The highest BCUT2D eigenvalue weighted by molar-refractivity contribution is 5.97. The van der Waals surface area contributed by atoms with Crippen LogP contribution in [0.15, 0.2) is 48.5 Å². The van der Waals surface area contributed by atoms with Crippen LogP contribution in [-0.4, -0.2) is 12.6 Å². The fourth-order valence-corrected chi connectivity index (χ4v) is 3.23. The van der Waals surface area contributed by atoms with E-state index in [1.165, 1.54) is 0 Å². The van der Waals surface area contributed by atoms with Crippen LogP contribution in [0.5, 0.6) is 0 Å². The first-order valence-corrected chi connectivity index (χ1v) is 7.06. The molecule has 2 heterocycles. The van der Waals surface area contributed by atoms with E-state index in [0.717, 1.165) is 28.0 Å². The maximum Gasteiger partial charge on any atom is 0.341 e. The maximum atomic E-state index is 12.8. The Balaban J connectivity index is 2.05.